The maximum Gasteiger partial charge on any atom is 0.122 e. The molecule has 0 fully saturated rings. The molecule has 1 heterocycles. The van der Waals surface area contributed by atoms with Crippen LogP contribution in [0.15, 0.2) is 54.6 Å². The van der Waals surface area contributed by atoms with E-state index < -0.39 is 0 Å². The zero-order valence-electron chi connectivity index (χ0n) is 12.5. The van der Waals surface area contributed by atoms with Gasteiger partial charge < -0.3 is 4.74 Å². The highest BCUT2D eigenvalue weighted by atomic mass is 16.5. The van der Waals surface area contributed by atoms with E-state index in [0.717, 1.165) is 28.8 Å². The monoisotopic (exact) mass is 277 g/mol. The first kappa shape index (κ1) is 13.6. The highest BCUT2D eigenvalue weighted by molar-refractivity contribution is 5.82. The van der Waals surface area contributed by atoms with Gasteiger partial charge in [0.25, 0.3) is 0 Å². The molecule has 0 spiro atoms. The van der Waals surface area contributed by atoms with Crippen molar-refractivity contribution in [3.8, 4) is 5.75 Å². The van der Waals surface area contributed by atoms with E-state index in [0.29, 0.717) is 6.61 Å². The van der Waals surface area contributed by atoms with Crippen molar-refractivity contribution in [1.82, 2.24) is 4.98 Å². The van der Waals surface area contributed by atoms with Crippen molar-refractivity contribution in [2.24, 2.45) is 0 Å². The van der Waals surface area contributed by atoms with Gasteiger partial charge in [-0.05, 0) is 37.1 Å². The van der Waals surface area contributed by atoms with E-state index in [4.69, 9.17) is 4.74 Å². The highest BCUT2D eigenvalue weighted by Gasteiger charge is 2.06. The fourth-order valence-corrected chi connectivity index (χ4v) is 2.61. The van der Waals surface area contributed by atoms with Crippen molar-refractivity contribution < 1.29 is 4.74 Å². The summed E-state index contributed by atoms with van der Waals surface area (Å²) in [5.74, 6) is 0.971. The number of nitrogens with zero attached hydrogens (tertiary/aromatic N) is 1. The molecule has 21 heavy (non-hydrogen) atoms. The summed E-state index contributed by atoms with van der Waals surface area (Å²) in [4.78, 5) is 4.57. The summed E-state index contributed by atoms with van der Waals surface area (Å²) < 4.78 is 6.05. The van der Waals surface area contributed by atoms with Crippen LogP contribution in [0.4, 0.5) is 0 Å². The zero-order valence-corrected chi connectivity index (χ0v) is 12.5. The largest absolute Gasteiger partial charge is 0.489 e. The average molecular weight is 277 g/mol. The van der Waals surface area contributed by atoms with Crippen LogP contribution < -0.4 is 4.74 Å². The Kier molecular flexibility index (Phi) is 3.87. The van der Waals surface area contributed by atoms with Gasteiger partial charge >= 0.3 is 0 Å². The molecule has 1 aromatic heterocycles. The Balaban J connectivity index is 1.92. The lowest BCUT2D eigenvalue weighted by Crippen LogP contribution is -2.00. The average Bonchev–Trinajstić information content (AvgIpc) is 2.52. The quantitative estimate of drug-likeness (QED) is 0.690. The third kappa shape index (κ3) is 2.89. The zero-order chi connectivity index (χ0) is 14.7. The molecule has 3 rings (SSSR count). The Labute approximate surface area is 125 Å². The van der Waals surface area contributed by atoms with Crippen LogP contribution in [-0.4, -0.2) is 4.98 Å². The lowest BCUT2D eigenvalue weighted by Gasteiger charge is -2.12. The first-order chi connectivity index (χ1) is 10.3. The number of pyridine rings is 1. The van der Waals surface area contributed by atoms with Crippen LogP contribution in [0.5, 0.6) is 5.75 Å². The molecule has 0 unspecified atom stereocenters. The van der Waals surface area contributed by atoms with Crippen molar-refractivity contribution in [3.05, 3.63) is 71.4 Å². The Hall–Kier alpha value is -2.35. The molecule has 0 radical (unpaired) electrons. The van der Waals surface area contributed by atoms with E-state index in [9.17, 15) is 0 Å². The van der Waals surface area contributed by atoms with E-state index in [1.165, 1.54) is 11.1 Å². The van der Waals surface area contributed by atoms with Crippen molar-refractivity contribution in [3.63, 3.8) is 0 Å². The Morgan fingerprint density at radius 3 is 2.57 bits per heavy atom. The number of hydrogen-bond acceptors (Lipinski definition) is 2. The van der Waals surface area contributed by atoms with Crippen LogP contribution in [-0.2, 0) is 13.0 Å². The Morgan fingerprint density at radius 1 is 0.952 bits per heavy atom. The molecular weight excluding hydrogens is 258 g/mol. The van der Waals surface area contributed by atoms with Crippen LogP contribution in [0.25, 0.3) is 10.9 Å². The summed E-state index contributed by atoms with van der Waals surface area (Å²) >= 11 is 0. The van der Waals surface area contributed by atoms with Crippen molar-refractivity contribution in [1.29, 1.82) is 0 Å². The molecule has 2 aromatic carbocycles. The van der Waals surface area contributed by atoms with Crippen molar-refractivity contribution in [2.45, 2.75) is 26.9 Å². The van der Waals surface area contributed by atoms with Gasteiger partial charge in [-0.1, -0.05) is 43.3 Å². The standard InChI is InChI=1S/C19H19NO/c1-3-15-8-4-7-11-19(15)21-13-16-12-14(2)20-18-10-6-5-9-17(16)18/h4-12H,3,13H2,1-2H3. The second-order valence-electron chi connectivity index (χ2n) is 5.19. The lowest BCUT2D eigenvalue weighted by atomic mass is 10.1. The molecule has 0 saturated heterocycles. The third-order valence-corrected chi connectivity index (χ3v) is 3.67. The number of ether oxygens (including phenoxy) is 1. The van der Waals surface area contributed by atoms with Crippen molar-refractivity contribution >= 4 is 10.9 Å². The van der Waals surface area contributed by atoms with Gasteiger partial charge in [0.15, 0.2) is 0 Å². The van der Waals surface area contributed by atoms with E-state index in [1.54, 1.807) is 0 Å². The number of fused-ring (bicyclic) bond motifs is 1. The number of rotatable bonds is 4. The molecule has 0 saturated carbocycles. The molecule has 0 aliphatic heterocycles. The fraction of sp³-hybridized carbons (Fsp3) is 0.211. The Bertz CT molecular complexity index is 764. The second kappa shape index (κ2) is 5.96. The van der Waals surface area contributed by atoms with Gasteiger partial charge in [0, 0.05) is 16.6 Å². The first-order valence-corrected chi connectivity index (χ1v) is 7.34. The number of aryl methyl sites for hydroxylation is 2. The molecule has 0 N–H and O–H groups in total. The summed E-state index contributed by atoms with van der Waals surface area (Å²) in [6.45, 7) is 4.74. The van der Waals surface area contributed by atoms with E-state index in [-0.39, 0.29) is 0 Å². The summed E-state index contributed by atoms with van der Waals surface area (Å²) in [6.07, 6.45) is 0.978. The summed E-state index contributed by atoms with van der Waals surface area (Å²) in [7, 11) is 0. The van der Waals surface area contributed by atoms with Gasteiger partial charge in [-0.2, -0.15) is 0 Å². The summed E-state index contributed by atoms with van der Waals surface area (Å²) in [6, 6.07) is 18.5. The number of para-hydroxylation sites is 2. The molecule has 0 aliphatic rings. The van der Waals surface area contributed by atoms with Crippen LogP contribution in [0.3, 0.4) is 0 Å². The fourth-order valence-electron chi connectivity index (χ4n) is 2.61. The van der Waals surface area contributed by atoms with E-state index in [2.05, 4.69) is 36.2 Å². The van der Waals surface area contributed by atoms with Crippen LogP contribution >= 0.6 is 0 Å². The van der Waals surface area contributed by atoms with Crippen molar-refractivity contribution in [2.75, 3.05) is 0 Å². The molecule has 0 aliphatic carbocycles. The maximum absolute atomic E-state index is 6.05. The second-order valence-corrected chi connectivity index (χ2v) is 5.19. The predicted molar refractivity (Wildman–Crippen MR) is 86.6 cm³/mol. The van der Waals surface area contributed by atoms with Gasteiger partial charge in [0.05, 0.1) is 5.52 Å². The van der Waals surface area contributed by atoms with Gasteiger partial charge in [-0.3, -0.25) is 4.98 Å². The lowest BCUT2D eigenvalue weighted by molar-refractivity contribution is 0.304. The topological polar surface area (TPSA) is 22.1 Å². The highest BCUT2D eigenvalue weighted by Crippen LogP contribution is 2.23. The predicted octanol–water partition coefficient (Wildman–Crippen LogP) is 4.68. The SMILES string of the molecule is CCc1ccccc1OCc1cc(C)nc2ccccc12. The van der Waals surface area contributed by atoms with E-state index in [1.807, 2.05) is 37.3 Å². The van der Waals surface area contributed by atoms with E-state index >= 15 is 0 Å². The third-order valence-electron chi connectivity index (χ3n) is 3.67. The number of benzene rings is 2. The molecule has 0 bridgehead atoms. The van der Waals surface area contributed by atoms with Gasteiger partial charge in [0.2, 0.25) is 0 Å². The van der Waals surface area contributed by atoms with Gasteiger partial charge in [-0.15, -0.1) is 0 Å². The summed E-state index contributed by atoms with van der Waals surface area (Å²) in [5.41, 5.74) is 4.48. The minimum Gasteiger partial charge on any atom is -0.489 e. The minimum atomic E-state index is 0.570. The molecule has 3 aromatic rings. The smallest absolute Gasteiger partial charge is 0.122 e. The number of aromatic nitrogens is 1. The normalized spacial score (nSPS) is 10.8. The maximum atomic E-state index is 6.05. The molecular formula is C19H19NO. The van der Waals surface area contributed by atoms with Crippen LogP contribution in [0.2, 0.25) is 0 Å². The molecule has 2 nitrogen and oxygen atoms in total. The van der Waals surface area contributed by atoms with Crippen LogP contribution in [0, 0.1) is 6.92 Å². The van der Waals surface area contributed by atoms with Gasteiger partial charge in [-0.25, -0.2) is 0 Å². The Morgan fingerprint density at radius 2 is 1.71 bits per heavy atom. The summed E-state index contributed by atoms with van der Waals surface area (Å²) in [5, 5.41) is 1.16. The molecule has 2 heteroatoms. The molecule has 0 amide bonds. The number of hydrogen-bond donors (Lipinski definition) is 0. The first-order valence-electron chi connectivity index (χ1n) is 7.34. The molecule has 106 valence electrons. The molecule has 0 atom stereocenters. The van der Waals surface area contributed by atoms with Crippen LogP contribution in [0.1, 0.15) is 23.7 Å². The van der Waals surface area contributed by atoms with Gasteiger partial charge in [0.1, 0.15) is 12.4 Å². The minimum absolute atomic E-state index is 0.570.